The number of benzene rings is 6. The SMILES string of the molecule is COc1cc(-c2ccc(N=Nc3c(S(=O)(=O)O)cc4c(N=Nc5nc(C(=O)[O-])n[nH]5)c(N)ccc4c3[O-])c(OC)c2)ccc1N=Nc1c(S(=O)(=O)O)cc2c(N=Nc3nc(C(=O)[O-])n[nH]3)c(N)ccc2c1[O-].[Na+].[Na+].[Na+].[Na+]. The van der Waals surface area contributed by atoms with Crippen LogP contribution in [0.5, 0.6) is 23.0 Å². The van der Waals surface area contributed by atoms with E-state index in [1.54, 1.807) is 0 Å². The summed E-state index contributed by atoms with van der Waals surface area (Å²) in [6, 6.07) is 15.6. The van der Waals surface area contributed by atoms with Gasteiger partial charge in [-0.25, -0.2) is 10.2 Å². The summed E-state index contributed by atoms with van der Waals surface area (Å²) in [5, 5.41) is 91.1. The fourth-order valence-electron chi connectivity index (χ4n) is 6.68. The zero-order valence-corrected chi connectivity index (χ0v) is 49.7. The van der Waals surface area contributed by atoms with Gasteiger partial charge in [-0.05, 0) is 70.4 Å². The van der Waals surface area contributed by atoms with E-state index in [0.29, 0.717) is 11.1 Å². The number of carboxylic acids is 2. The molecule has 2 heterocycles. The van der Waals surface area contributed by atoms with E-state index in [4.69, 9.17) is 20.9 Å². The molecule has 8 N–H and O–H groups in total. The number of carboxylic acid groups (broad SMARTS) is 2. The van der Waals surface area contributed by atoms with Crippen LogP contribution in [-0.4, -0.2) is 82.5 Å². The maximum atomic E-state index is 13.8. The number of anilines is 2. The van der Waals surface area contributed by atoms with Gasteiger partial charge in [0.1, 0.15) is 56.0 Å². The molecular formula is C40H26N16Na4O14S2. The summed E-state index contributed by atoms with van der Waals surface area (Å²) >= 11 is 0. The van der Waals surface area contributed by atoms with Crippen LogP contribution < -0.4 is 160 Å². The number of nitrogens with two attached hydrogens (primary N) is 2. The van der Waals surface area contributed by atoms with Gasteiger partial charge in [0, 0.05) is 10.8 Å². The molecule has 0 spiro atoms. The molecule has 8 aromatic rings. The maximum Gasteiger partial charge on any atom is 1.00 e. The number of aromatic carboxylic acids is 2. The molecule has 2 aromatic heterocycles. The van der Waals surface area contributed by atoms with E-state index >= 15 is 0 Å². The molecule has 0 aliphatic rings. The second kappa shape index (κ2) is 25.5. The maximum absolute atomic E-state index is 13.8. The number of rotatable bonds is 15. The van der Waals surface area contributed by atoms with Crippen LogP contribution >= 0.6 is 0 Å². The van der Waals surface area contributed by atoms with Gasteiger partial charge in [0.2, 0.25) is 0 Å². The zero-order chi connectivity index (χ0) is 51.8. The topological polar surface area (TPSA) is 488 Å². The second-order valence-corrected chi connectivity index (χ2v) is 17.1. The molecule has 8 rings (SSSR count). The Hall–Kier alpha value is -5.92. The van der Waals surface area contributed by atoms with Gasteiger partial charge in [-0.15, -0.1) is 40.9 Å². The standard InChI is InChI=1S/C40H30N16O14S2.4Na/c1-69-25-11-15(3-9-23(25)45-49-31-27(71(63,64)65)13-19-17(33(31)57)5-7-21(41)29(19)47-53-39-43-35(37(59)60)51-55-39)16-4-10-24(26(12-16)70-2)46-50-32-28(72(66,67)68)14-20-18(34(32)58)6-8-22(42)30(20)48-54-40-44-36(38(61)62)52-56-40;;;;/h3-14,57-58H,41-42H2,1-2H3,(H,59,60)(H,61,62)(H,43,51,55)(H,44,52,56)(H,63,64,65)(H,66,67,68);;;;/q;4*+1/p-4. The first kappa shape index (κ1) is 62.6. The minimum atomic E-state index is -5.19. The molecule has 30 nitrogen and oxygen atoms in total. The number of methoxy groups -OCH3 is 2. The Kier molecular flexibility index (Phi) is 21.0. The van der Waals surface area contributed by atoms with E-state index in [0.717, 1.165) is 12.1 Å². The summed E-state index contributed by atoms with van der Waals surface area (Å²) in [6.45, 7) is 0. The Morgan fingerprint density at radius 2 is 0.882 bits per heavy atom. The molecule has 36 heteroatoms. The van der Waals surface area contributed by atoms with Crippen LogP contribution in [0.4, 0.5) is 57.4 Å². The molecule has 0 aliphatic heterocycles. The Balaban J connectivity index is 0.00000312. The largest absolute Gasteiger partial charge is 1.00 e. The fourth-order valence-corrected chi connectivity index (χ4v) is 7.97. The van der Waals surface area contributed by atoms with E-state index < -0.39 is 88.4 Å². The first-order chi connectivity index (χ1) is 34.2. The van der Waals surface area contributed by atoms with Gasteiger partial charge >= 0.3 is 118 Å². The van der Waals surface area contributed by atoms with Crippen LogP contribution in [-0.2, 0) is 20.2 Å². The number of hydrogen-bond donors (Lipinski definition) is 6. The summed E-state index contributed by atoms with van der Waals surface area (Å²) in [5.74, 6) is -7.64. The predicted octanol–water partition coefficient (Wildman–Crippen LogP) is -7.88. The summed E-state index contributed by atoms with van der Waals surface area (Å²) in [4.78, 5) is 27.2. The first-order valence-corrected chi connectivity index (χ1v) is 22.4. The Bertz CT molecular complexity index is 3700. The van der Waals surface area contributed by atoms with Crippen LogP contribution in [0.2, 0.25) is 0 Å². The number of ether oxygens (including phenoxy) is 2. The fraction of sp³-hybridized carbons (Fsp3) is 0.0500. The van der Waals surface area contributed by atoms with Crippen LogP contribution in [0.15, 0.2) is 124 Å². The van der Waals surface area contributed by atoms with Crippen LogP contribution in [0.25, 0.3) is 32.7 Å². The normalized spacial score (nSPS) is 11.7. The number of nitrogens with zero attached hydrogens (tertiary/aromatic N) is 12. The van der Waals surface area contributed by atoms with Crippen molar-refractivity contribution in [1.29, 1.82) is 0 Å². The molecule has 0 saturated carbocycles. The molecule has 0 unspecified atom stereocenters. The number of fused-ring (bicyclic) bond motifs is 2. The van der Waals surface area contributed by atoms with Crippen LogP contribution in [0, 0.1) is 0 Å². The number of azo groups is 4. The van der Waals surface area contributed by atoms with E-state index in [-0.39, 0.29) is 185 Å². The molecule has 0 saturated heterocycles. The van der Waals surface area contributed by atoms with Crippen molar-refractivity contribution >= 4 is 111 Å². The number of carbonyl (C=O) groups is 2. The van der Waals surface area contributed by atoms with E-state index in [2.05, 4.69) is 71.3 Å². The summed E-state index contributed by atoms with van der Waals surface area (Å²) in [5.41, 5.74) is 10.7. The van der Waals surface area contributed by atoms with Crippen molar-refractivity contribution in [3.63, 3.8) is 0 Å². The molecule has 0 amide bonds. The van der Waals surface area contributed by atoms with E-state index in [1.807, 2.05) is 0 Å². The summed E-state index contributed by atoms with van der Waals surface area (Å²) < 4.78 is 82.0. The number of nitrogens with one attached hydrogen (secondary N) is 2. The van der Waals surface area contributed by atoms with Gasteiger partial charge in [-0.3, -0.25) is 9.11 Å². The molecular weight excluding hydrogens is 1080 g/mol. The third kappa shape index (κ3) is 13.2. The first-order valence-electron chi connectivity index (χ1n) is 19.5. The third-order valence-electron chi connectivity index (χ3n) is 10.00. The van der Waals surface area contributed by atoms with E-state index in [1.165, 1.54) is 74.9 Å². The summed E-state index contributed by atoms with van der Waals surface area (Å²) in [7, 11) is -7.80. The van der Waals surface area contributed by atoms with Crippen LogP contribution in [0.1, 0.15) is 21.2 Å². The molecule has 6 aromatic carbocycles. The smallest absolute Gasteiger partial charge is 0.871 e. The Morgan fingerprint density at radius 3 is 1.20 bits per heavy atom. The van der Waals surface area contributed by atoms with Crippen molar-refractivity contribution in [2.45, 2.75) is 9.79 Å². The Labute approximate surface area is 514 Å². The van der Waals surface area contributed by atoms with Gasteiger partial charge in [0.25, 0.3) is 32.1 Å². The van der Waals surface area contributed by atoms with Crippen molar-refractivity contribution < 1.29 is 184 Å². The number of aromatic amines is 2. The quantitative estimate of drug-likeness (QED) is 0.0240. The van der Waals surface area contributed by atoms with Crippen LogP contribution in [0.3, 0.4) is 0 Å². The molecule has 0 aliphatic carbocycles. The van der Waals surface area contributed by atoms with Crippen molar-refractivity contribution in [3.05, 3.63) is 84.4 Å². The second-order valence-electron chi connectivity index (χ2n) is 14.4. The molecule has 0 fully saturated rings. The number of carbonyl (C=O) groups excluding carboxylic acids is 2. The average molecular weight is 1110 g/mol. The van der Waals surface area contributed by atoms with Gasteiger partial charge < -0.3 is 51.0 Å². The zero-order valence-electron chi connectivity index (χ0n) is 40.1. The predicted molar refractivity (Wildman–Crippen MR) is 238 cm³/mol. The molecule has 0 radical (unpaired) electrons. The van der Waals surface area contributed by atoms with Gasteiger partial charge in [0.15, 0.2) is 11.6 Å². The van der Waals surface area contributed by atoms with Gasteiger partial charge in [0.05, 0.1) is 37.0 Å². The molecule has 76 heavy (non-hydrogen) atoms. The third-order valence-corrected chi connectivity index (χ3v) is 11.7. The number of hydrogen-bond acceptors (Lipinski definition) is 26. The molecule has 0 bridgehead atoms. The minimum absolute atomic E-state index is 0. The minimum Gasteiger partial charge on any atom is -0.871 e. The number of aromatic nitrogens is 6. The van der Waals surface area contributed by atoms with Gasteiger partial charge in [-0.2, -0.15) is 37.0 Å². The van der Waals surface area contributed by atoms with Gasteiger partial charge in [-0.1, -0.05) is 35.8 Å². The summed E-state index contributed by atoms with van der Waals surface area (Å²) in [6.07, 6.45) is 0. The van der Waals surface area contributed by atoms with Crippen molar-refractivity contribution in [2.75, 3.05) is 25.7 Å². The van der Waals surface area contributed by atoms with Crippen molar-refractivity contribution in [2.24, 2.45) is 40.9 Å². The number of nitrogen functional groups attached to an aromatic ring is 2. The Morgan fingerprint density at radius 1 is 0.526 bits per heavy atom. The number of H-pyrrole nitrogens is 2. The molecule has 0 atom stereocenters. The monoisotopic (exact) mass is 1110 g/mol. The van der Waals surface area contributed by atoms with Crippen molar-refractivity contribution in [1.82, 2.24) is 30.4 Å². The van der Waals surface area contributed by atoms with E-state index in [9.17, 15) is 56.0 Å². The average Bonchev–Trinajstić information content (AvgIpc) is 4.03. The molecule has 366 valence electrons. The van der Waals surface area contributed by atoms with Crippen molar-refractivity contribution in [3.8, 4) is 34.1 Å².